The van der Waals surface area contributed by atoms with Gasteiger partial charge in [0.1, 0.15) is 0 Å². The van der Waals surface area contributed by atoms with Crippen molar-refractivity contribution in [3.63, 3.8) is 0 Å². The molecule has 1 unspecified atom stereocenters. The molecule has 0 fully saturated rings. The van der Waals surface area contributed by atoms with Gasteiger partial charge in [-0.3, -0.25) is 14.7 Å². The lowest BCUT2D eigenvalue weighted by Gasteiger charge is -2.27. The zero-order valence-corrected chi connectivity index (χ0v) is 17.4. The van der Waals surface area contributed by atoms with E-state index in [-0.39, 0.29) is 17.9 Å². The summed E-state index contributed by atoms with van der Waals surface area (Å²) in [5.74, 6) is 2.12. The molecule has 0 bridgehead atoms. The van der Waals surface area contributed by atoms with Crippen molar-refractivity contribution in [1.82, 2.24) is 20.4 Å². The average molecular weight is 451 g/mol. The number of fused-ring (bicyclic) bond motifs is 2. The normalized spacial score (nSPS) is 14.2. The summed E-state index contributed by atoms with van der Waals surface area (Å²) >= 11 is 3.57. The molecule has 2 aromatic carbocycles. The molecule has 29 heavy (non-hydrogen) atoms. The molecule has 2 heterocycles. The quantitative estimate of drug-likeness (QED) is 0.601. The number of nitrogens with one attached hydrogen (secondary N) is 2. The zero-order chi connectivity index (χ0) is 20.5. The number of carbonyl (C=O) groups is 2. The SMILES string of the molecule is C#CC(C)NC(=O)c1n[nH]c2c1CCN(C(=O)c1cc(Br)c3ccccc3c1)C2. The topological polar surface area (TPSA) is 78.1 Å². The summed E-state index contributed by atoms with van der Waals surface area (Å²) in [6.07, 6.45) is 5.88. The van der Waals surface area contributed by atoms with Crippen LogP contribution in [0.3, 0.4) is 0 Å². The van der Waals surface area contributed by atoms with E-state index in [2.05, 4.69) is 37.4 Å². The van der Waals surface area contributed by atoms with E-state index in [1.54, 1.807) is 11.8 Å². The van der Waals surface area contributed by atoms with E-state index in [4.69, 9.17) is 6.42 Å². The van der Waals surface area contributed by atoms with E-state index in [9.17, 15) is 9.59 Å². The van der Waals surface area contributed by atoms with Gasteiger partial charge in [0.15, 0.2) is 5.69 Å². The standard InChI is InChI=1S/C22H19BrN4O2/c1-3-13(2)24-21(28)20-17-8-9-27(12-19(17)25-26-20)22(29)15-10-14-6-4-5-7-16(14)18(23)11-15/h1,4-7,10-11,13H,8-9,12H2,2H3,(H,24,28)(H,25,26). The Hall–Kier alpha value is -3.11. The van der Waals surface area contributed by atoms with E-state index in [1.807, 2.05) is 36.4 Å². The fraction of sp³-hybridized carbons (Fsp3) is 0.227. The maximum atomic E-state index is 13.1. The fourth-order valence-corrected chi connectivity index (χ4v) is 4.16. The van der Waals surface area contributed by atoms with Gasteiger partial charge in [-0.2, -0.15) is 5.10 Å². The Bertz CT molecular complexity index is 1160. The molecule has 0 saturated carbocycles. The zero-order valence-electron chi connectivity index (χ0n) is 15.8. The first kappa shape index (κ1) is 19.2. The second kappa shape index (κ2) is 7.72. The second-order valence-corrected chi connectivity index (χ2v) is 7.90. The van der Waals surface area contributed by atoms with Gasteiger partial charge in [-0.1, -0.05) is 46.1 Å². The van der Waals surface area contributed by atoms with Gasteiger partial charge < -0.3 is 10.2 Å². The maximum Gasteiger partial charge on any atom is 0.273 e. The van der Waals surface area contributed by atoms with E-state index >= 15 is 0 Å². The molecule has 3 aromatic rings. The molecule has 1 aromatic heterocycles. The number of amides is 2. The van der Waals surface area contributed by atoms with E-state index in [0.29, 0.717) is 30.8 Å². The number of hydrogen-bond donors (Lipinski definition) is 2. The molecule has 7 heteroatoms. The third kappa shape index (κ3) is 3.64. The number of nitrogens with zero attached hydrogens (tertiary/aromatic N) is 2. The van der Waals surface area contributed by atoms with Gasteiger partial charge in [0.05, 0.1) is 18.3 Å². The molecule has 0 saturated heterocycles. The largest absolute Gasteiger partial charge is 0.337 e. The number of halogens is 1. The Kier molecular flexibility index (Phi) is 5.12. The Morgan fingerprint density at radius 1 is 1.34 bits per heavy atom. The van der Waals surface area contributed by atoms with E-state index in [1.165, 1.54) is 0 Å². The van der Waals surface area contributed by atoms with Crippen LogP contribution in [0.1, 0.15) is 39.0 Å². The summed E-state index contributed by atoms with van der Waals surface area (Å²) in [5.41, 5.74) is 2.60. The number of benzene rings is 2. The van der Waals surface area contributed by atoms with Crippen LogP contribution in [-0.2, 0) is 13.0 Å². The first-order valence-corrected chi connectivity index (χ1v) is 10.1. The van der Waals surface area contributed by atoms with Crippen molar-refractivity contribution in [2.45, 2.75) is 25.9 Å². The van der Waals surface area contributed by atoms with E-state index < -0.39 is 0 Å². The Morgan fingerprint density at radius 3 is 2.93 bits per heavy atom. The molecule has 0 spiro atoms. The lowest BCUT2D eigenvalue weighted by molar-refractivity contribution is 0.0732. The third-order valence-corrected chi connectivity index (χ3v) is 5.75. The van der Waals surface area contributed by atoms with Crippen molar-refractivity contribution in [2.75, 3.05) is 6.54 Å². The van der Waals surface area contributed by atoms with Crippen molar-refractivity contribution in [2.24, 2.45) is 0 Å². The molecule has 4 rings (SSSR count). The predicted molar refractivity (Wildman–Crippen MR) is 114 cm³/mol. The highest BCUT2D eigenvalue weighted by atomic mass is 79.9. The fourth-order valence-electron chi connectivity index (χ4n) is 3.56. The second-order valence-electron chi connectivity index (χ2n) is 7.05. The average Bonchev–Trinajstić information content (AvgIpc) is 3.16. The van der Waals surface area contributed by atoms with Gasteiger partial charge in [-0.15, -0.1) is 6.42 Å². The first-order chi connectivity index (χ1) is 14.0. The van der Waals surface area contributed by atoms with Crippen LogP contribution in [0.5, 0.6) is 0 Å². The van der Waals surface area contributed by atoms with Crippen LogP contribution < -0.4 is 5.32 Å². The molecule has 2 amide bonds. The molecule has 1 aliphatic rings. The number of aromatic nitrogens is 2. The Balaban J connectivity index is 1.56. The highest BCUT2D eigenvalue weighted by molar-refractivity contribution is 9.10. The van der Waals surface area contributed by atoms with Gasteiger partial charge in [0.25, 0.3) is 11.8 Å². The van der Waals surface area contributed by atoms with Crippen LogP contribution in [-0.4, -0.2) is 39.5 Å². The molecular weight excluding hydrogens is 432 g/mol. The molecular formula is C22H19BrN4O2. The minimum atomic E-state index is -0.372. The summed E-state index contributed by atoms with van der Waals surface area (Å²) < 4.78 is 0.889. The number of hydrogen-bond acceptors (Lipinski definition) is 3. The molecule has 1 atom stereocenters. The van der Waals surface area contributed by atoms with E-state index in [0.717, 1.165) is 26.5 Å². The summed E-state index contributed by atoms with van der Waals surface area (Å²) in [5, 5.41) is 11.9. The Morgan fingerprint density at radius 2 is 2.14 bits per heavy atom. The van der Waals surface area contributed by atoms with Gasteiger partial charge in [0.2, 0.25) is 0 Å². The third-order valence-electron chi connectivity index (χ3n) is 5.09. The van der Waals surface area contributed by atoms with Crippen LogP contribution in [0.15, 0.2) is 40.9 Å². The van der Waals surface area contributed by atoms with Crippen LogP contribution in [0, 0.1) is 12.3 Å². The van der Waals surface area contributed by atoms with Crippen molar-refractivity contribution < 1.29 is 9.59 Å². The summed E-state index contributed by atoms with van der Waals surface area (Å²) in [6.45, 7) is 2.63. The first-order valence-electron chi connectivity index (χ1n) is 9.28. The van der Waals surface area contributed by atoms with Gasteiger partial charge in [0, 0.05) is 22.1 Å². The van der Waals surface area contributed by atoms with Crippen LogP contribution in [0.4, 0.5) is 0 Å². The van der Waals surface area contributed by atoms with Crippen LogP contribution in [0.25, 0.3) is 10.8 Å². The lowest BCUT2D eigenvalue weighted by atomic mass is 10.0. The highest BCUT2D eigenvalue weighted by Crippen LogP contribution is 2.28. The summed E-state index contributed by atoms with van der Waals surface area (Å²) in [4.78, 5) is 27.2. The monoisotopic (exact) mass is 450 g/mol. The number of carbonyl (C=O) groups excluding carboxylic acids is 2. The van der Waals surface area contributed by atoms with Gasteiger partial charge in [-0.25, -0.2) is 0 Å². The van der Waals surface area contributed by atoms with Crippen molar-refractivity contribution >= 4 is 38.5 Å². The molecule has 2 N–H and O–H groups in total. The molecule has 0 aliphatic carbocycles. The van der Waals surface area contributed by atoms with Crippen molar-refractivity contribution in [3.05, 3.63) is 63.4 Å². The van der Waals surface area contributed by atoms with Crippen LogP contribution in [0.2, 0.25) is 0 Å². The number of rotatable bonds is 3. The number of terminal acetylenes is 1. The maximum absolute atomic E-state index is 13.1. The van der Waals surface area contributed by atoms with Gasteiger partial charge >= 0.3 is 0 Å². The van der Waals surface area contributed by atoms with Crippen molar-refractivity contribution in [3.8, 4) is 12.3 Å². The van der Waals surface area contributed by atoms with Gasteiger partial charge in [-0.05, 0) is 36.2 Å². The minimum Gasteiger partial charge on any atom is -0.337 e. The summed E-state index contributed by atoms with van der Waals surface area (Å²) in [7, 11) is 0. The van der Waals surface area contributed by atoms with Crippen molar-refractivity contribution in [1.29, 1.82) is 0 Å². The number of H-pyrrole nitrogens is 1. The molecule has 6 nitrogen and oxygen atoms in total. The minimum absolute atomic E-state index is 0.0522. The Labute approximate surface area is 176 Å². The predicted octanol–water partition coefficient (Wildman–Crippen LogP) is 3.28. The lowest BCUT2D eigenvalue weighted by Crippen LogP contribution is -2.37. The number of aromatic amines is 1. The summed E-state index contributed by atoms with van der Waals surface area (Å²) in [6, 6.07) is 11.3. The molecule has 0 radical (unpaired) electrons. The smallest absolute Gasteiger partial charge is 0.273 e. The highest BCUT2D eigenvalue weighted by Gasteiger charge is 2.28. The molecule has 146 valence electrons. The van der Waals surface area contributed by atoms with Crippen LogP contribution >= 0.6 is 15.9 Å². The molecule has 1 aliphatic heterocycles.